The minimum atomic E-state index is -0.462. The third-order valence-corrected chi connectivity index (χ3v) is 5.26. The molecule has 1 aliphatic rings. The summed E-state index contributed by atoms with van der Waals surface area (Å²) in [5.74, 6) is -0.294. The van der Waals surface area contributed by atoms with Crippen LogP contribution >= 0.6 is 0 Å². The molecule has 1 aromatic carbocycles. The zero-order valence-corrected chi connectivity index (χ0v) is 17.3. The van der Waals surface area contributed by atoms with Gasteiger partial charge in [0.25, 0.3) is 5.91 Å². The van der Waals surface area contributed by atoms with Gasteiger partial charge in [-0.3, -0.25) is 9.69 Å². The molecule has 4 rings (SSSR count). The zero-order valence-electron chi connectivity index (χ0n) is 17.3. The highest BCUT2D eigenvalue weighted by Gasteiger charge is 2.26. The zero-order chi connectivity index (χ0) is 21.6. The number of benzene rings is 1. The Balaban J connectivity index is 1.55. The molecule has 1 fully saturated rings. The summed E-state index contributed by atoms with van der Waals surface area (Å²) in [6.45, 7) is 4.40. The van der Waals surface area contributed by atoms with E-state index < -0.39 is 5.91 Å². The fraction of sp³-hybridized carbons (Fsp3) is 0.400. The highest BCUT2D eigenvalue weighted by molar-refractivity contribution is 5.94. The number of carbonyl (C=O) groups is 1. The van der Waals surface area contributed by atoms with Gasteiger partial charge in [-0.2, -0.15) is 9.78 Å². The summed E-state index contributed by atoms with van der Waals surface area (Å²) in [7, 11) is 0. The predicted molar refractivity (Wildman–Crippen MR) is 114 cm³/mol. The van der Waals surface area contributed by atoms with Crippen molar-refractivity contribution in [1.29, 1.82) is 0 Å². The summed E-state index contributed by atoms with van der Waals surface area (Å²) in [6, 6.07) is 9.90. The average molecular weight is 423 g/mol. The molecule has 1 aliphatic heterocycles. The first-order valence-corrected chi connectivity index (χ1v) is 10.3. The number of hydrazone groups is 1. The largest absolute Gasteiger partial charge is 0.378 e. The maximum atomic E-state index is 13.0. The van der Waals surface area contributed by atoms with Gasteiger partial charge in [0.2, 0.25) is 11.6 Å². The Labute approximate surface area is 179 Å². The summed E-state index contributed by atoms with van der Waals surface area (Å²) >= 11 is 0. The molecule has 0 aliphatic carbocycles. The van der Waals surface area contributed by atoms with Crippen molar-refractivity contribution in [2.24, 2.45) is 5.10 Å². The van der Waals surface area contributed by atoms with E-state index in [2.05, 4.69) is 40.7 Å². The van der Waals surface area contributed by atoms with Gasteiger partial charge in [0, 0.05) is 18.7 Å². The van der Waals surface area contributed by atoms with E-state index in [1.807, 2.05) is 37.3 Å². The van der Waals surface area contributed by atoms with Crippen LogP contribution in [0.3, 0.4) is 0 Å². The summed E-state index contributed by atoms with van der Waals surface area (Å²) in [5.41, 5.74) is 10.2. The number of likely N-dealkylation sites (tertiary alicyclic amines) is 1. The first kappa shape index (κ1) is 20.7. The molecule has 0 saturated carbocycles. The quantitative estimate of drug-likeness (QED) is 0.432. The Hall–Kier alpha value is -3.60. The van der Waals surface area contributed by atoms with E-state index in [4.69, 9.17) is 5.73 Å². The molecule has 0 radical (unpaired) electrons. The number of piperidine rings is 1. The Morgan fingerprint density at radius 1 is 1.26 bits per heavy atom. The number of hydrogen-bond acceptors (Lipinski definition) is 9. The molecule has 0 unspecified atom stereocenters. The number of nitrogens with zero attached hydrogens (tertiary/aromatic N) is 7. The molecule has 31 heavy (non-hydrogen) atoms. The SMILES string of the molecule is C[C@@H](/C=N\NC(=O)c1c(CN2CCCCC2)nnn1-c1nonc1N)c1ccccc1. The lowest BCUT2D eigenvalue weighted by atomic mass is 10.0. The normalized spacial score (nSPS) is 15.9. The van der Waals surface area contributed by atoms with Gasteiger partial charge >= 0.3 is 0 Å². The number of rotatable bonds is 7. The molecule has 1 saturated heterocycles. The number of anilines is 1. The summed E-state index contributed by atoms with van der Waals surface area (Å²) < 4.78 is 5.92. The minimum Gasteiger partial charge on any atom is -0.378 e. The van der Waals surface area contributed by atoms with Crippen LogP contribution in [0, 0.1) is 0 Å². The number of amides is 1. The molecular formula is C20H25N9O2. The summed E-state index contributed by atoms with van der Waals surface area (Å²) in [4.78, 5) is 15.3. The number of nitrogens with two attached hydrogens (primary N) is 1. The van der Waals surface area contributed by atoms with Gasteiger partial charge in [-0.15, -0.1) is 5.10 Å². The molecule has 0 spiro atoms. The predicted octanol–water partition coefficient (Wildman–Crippen LogP) is 1.74. The van der Waals surface area contributed by atoms with E-state index in [-0.39, 0.29) is 23.2 Å². The number of hydrogen-bond donors (Lipinski definition) is 2. The van der Waals surface area contributed by atoms with Gasteiger partial charge < -0.3 is 5.73 Å². The van der Waals surface area contributed by atoms with Crippen molar-refractivity contribution in [3.8, 4) is 5.82 Å². The van der Waals surface area contributed by atoms with Gasteiger partial charge in [0.1, 0.15) is 5.69 Å². The second kappa shape index (κ2) is 9.47. The molecule has 3 heterocycles. The first-order chi connectivity index (χ1) is 15.1. The number of aromatic nitrogens is 5. The number of carbonyl (C=O) groups excluding carboxylic acids is 1. The van der Waals surface area contributed by atoms with E-state index in [0.717, 1.165) is 31.5 Å². The Kier molecular flexibility index (Phi) is 6.32. The molecule has 0 bridgehead atoms. The molecule has 162 valence electrons. The highest BCUT2D eigenvalue weighted by atomic mass is 16.6. The molecule has 1 atom stereocenters. The Morgan fingerprint density at radius 2 is 2.03 bits per heavy atom. The van der Waals surface area contributed by atoms with Crippen molar-refractivity contribution >= 4 is 17.9 Å². The second-order valence-corrected chi connectivity index (χ2v) is 7.52. The smallest absolute Gasteiger partial charge is 0.292 e. The van der Waals surface area contributed by atoms with Gasteiger partial charge in [-0.1, -0.05) is 48.9 Å². The van der Waals surface area contributed by atoms with Crippen LogP contribution in [0.5, 0.6) is 0 Å². The van der Waals surface area contributed by atoms with Crippen LogP contribution in [-0.2, 0) is 6.54 Å². The van der Waals surface area contributed by atoms with Gasteiger partial charge in [0.05, 0.1) is 0 Å². The van der Waals surface area contributed by atoms with Crippen LogP contribution in [0.4, 0.5) is 5.82 Å². The van der Waals surface area contributed by atoms with Crippen LogP contribution in [0.2, 0.25) is 0 Å². The molecule has 3 aromatic rings. The van der Waals surface area contributed by atoms with Crippen molar-refractivity contribution in [3.63, 3.8) is 0 Å². The van der Waals surface area contributed by atoms with Crippen LogP contribution in [0.25, 0.3) is 5.82 Å². The van der Waals surface area contributed by atoms with Crippen LogP contribution in [0.1, 0.15) is 53.8 Å². The Bertz CT molecular complexity index is 1040. The molecule has 3 N–H and O–H groups in total. The summed E-state index contributed by atoms with van der Waals surface area (Å²) in [5, 5.41) is 19.8. The van der Waals surface area contributed by atoms with E-state index in [0.29, 0.717) is 12.2 Å². The molecule has 1 amide bonds. The minimum absolute atomic E-state index is 0.0182. The van der Waals surface area contributed by atoms with Crippen LogP contribution in [0.15, 0.2) is 40.1 Å². The lowest BCUT2D eigenvalue weighted by Crippen LogP contribution is -2.31. The third-order valence-electron chi connectivity index (χ3n) is 5.26. The van der Waals surface area contributed by atoms with Crippen molar-refractivity contribution in [3.05, 3.63) is 47.3 Å². The fourth-order valence-corrected chi connectivity index (χ4v) is 3.57. The highest BCUT2D eigenvalue weighted by Crippen LogP contribution is 2.19. The lowest BCUT2D eigenvalue weighted by Gasteiger charge is -2.25. The second-order valence-electron chi connectivity index (χ2n) is 7.52. The Morgan fingerprint density at radius 3 is 2.74 bits per heavy atom. The maximum Gasteiger partial charge on any atom is 0.292 e. The van der Waals surface area contributed by atoms with E-state index >= 15 is 0 Å². The monoisotopic (exact) mass is 423 g/mol. The van der Waals surface area contributed by atoms with Crippen molar-refractivity contribution < 1.29 is 9.42 Å². The van der Waals surface area contributed by atoms with E-state index in [9.17, 15) is 4.79 Å². The van der Waals surface area contributed by atoms with Crippen LogP contribution in [-0.4, -0.2) is 55.4 Å². The molecule has 11 heteroatoms. The third kappa shape index (κ3) is 4.77. The van der Waals surface area contributed by atoms with Crippen molar-refractivity contribution in [1.82, 2.24) is 35.6 Å². The maximum absolute atomic E-state index is 13.0. The average Bonchev–Trinajstić information content (AvgIpc) is 3.40. The molecule has 2 aromatic heterocycles. The van der Waals surface area contributed by atoms with Gasteiger partial charge in [-0.25, -0.2) is 10.1 Å². The van der Waals surface area contributed by atoms with Crippen molar-refractivity contribution in [2.45, 2.75) is 38.6 Å². The fourth-order valence-electron chi connectivity index (χ4n) is 3.57. The number of nitrogens with one attached hydrogen (secondary N) is 1. The van der Waals surface area contributed by atoms with E-state index in [1.165, 1.54) is 11.1 Å². The van der Waals surface area contributed by atoms with Crippen molar-refractivity contribution in [2.75, 3.05) is 18.8 Å². The summed E-state index contributed by atoms with van der Waals surface area (Å²) in [6.07, 6.45) is 5.14. The topological polar surface area (TPSA) is 140 Å². The standard InChI is InChI=1S/C20H25N9O2/c1-14(15-8-4-2-5-9-15)12-22-24-20(30)17-16(13-28-10-6-3-7-11-28)23-27-29(17)19-18(21)25-31-26-19/h2,4-5,8-9,12,14H,3,6-7,10-11,13H2,1H3,(H2,21,25)(H,24,30)/b22-12-/t14-/m0/s1. The lowest BCUT2D eigenvalue weighted by molar-refractivity contribution is 0.0944. The number of nitrogen functional groups attached to an aromatic ring is 1. The first-order valence-electron chi connectivity index (χ1n) is 10.3. The van der Waals surface area contributed by atoms with Crippen LogP contribution < -0.4 is 11.2 Å². The van der Waals surface area contributed by atoms with Gasteiger partial charge in [-0.05, 0) is 41.8 Å². The van der Waals surface area contributed by atoms with E-state index in [1.54, 1.807) is 6.21 Å². The van der Waals surface area contributed by atoms with Gasteiger partial charge in [0.15, 0.2) is 5.69 Å². The molecule has 11 nitrogen and oxygen atoms in total. The molecular weight excluding hydrogens is 398 g/mol.